The fourth-order valence-corrected chi connectivity index (χ4v) is 3.48. The molecule has 0 amide bonds. The topological polar surface area (TPSA) is 42.9 Å². The van der Waals surface area contributed by atoms with Crippen molar-refractivity contribution in [2.24, 2.45) is 0 Å². The van der Waals surface area contributed by atoms with Gasteiger partial charge in [0.2, 0.25) is 0 Å². The van der Waals surface area contributed by atoms with Crippen molar-refractivity contribution in [2.75, 3.05) is 0 Å². The van der Waals surface area contributed by atoms with Crippen molar-refractivity contribution in [3.05, 3.63) is 88.1 Å². The number of thioether (sulfide) groups is 1. The number of aromatic nitrogens is 2. The Hall–Kier alpha value is -2.17. The van der Waals surface area contributed by atoms with E-state index in [0.717, 1.165) is 16.7 Å². The second-order valence-electron chi connectivity index (χ2n) is 5.83. The summed E-state index contributed by atoms with van der Waals surface area (Å²) in [6, 6.07) is 19.1. The van der Waals surface area contributed by atoms with E-state index in [-0.39, 0.29) is 5.78 Å². The third-order valence-corrected chi connectivity index (χ3v) is 5.18. The molecule has 126 valence electrons. The Morgan fingerprint density at radius 2 is 1.48 bits per heavy atom. The zero-order valence-corrected chi connectivity index (χ0v) is 15.5. The van der Waals surface area contributed by atoms with E-state index >= 15 is 0 Å². The van der Waals surface area contributed by atoms with Gasteiger partial charge in [0.15, 0.2) is 10.9 Å². The Labute approximate surface area is 156 Å². The van der Waals surface area contributed by atoms with Crippen LogP contribution in [-0.2, 0) is 0 Å². The summed E-state index contributed by atoms with van der Waals surface area (Å²) in [6.45, 7) is 4.03. The van der Waals surface area contributed by atoms with Gasteiger partial charge in [0.1, 0.15) is 5.03 Å². The van der Waals surface area contributed by atoms with Crippen LogP contribution in [0.5, 0.6) is 0 Å². The van der Waals surface area contributed by atoms with Gasteiger partial charge in [-0.3, -0.25) is 4.79 Å². The van der Waals surface area contributed by atoms with Gasteiger partial charge in [-0.15, -0.1) is 10.2 Å². The van der Waals surface area contributed by atoms with Crippen LogP contribution >= 0.6 is 23.4 Å². The largest absolute Gasteiger partial charge is 0.293 e. The maximum Gasteiger partial charge on any atom is 0.180 e. The number of halogens is 1. The number of hydrogen-bond acceptors (Lipinski definition) is 4. The maximum absolute atomic E-state index is 13.1. The molecule has 1 unspecified atom stereocenters. The molecule has 0 aliphatic carbocycles. The lowest BCUT2D eigenvalue weighted by molar-refractivity contribution is 0.0989. The number of aryl methyl sites for hydroxylation is 2. The molecule has 0 fully saturated rings. The molecule has 1 heterocycles. The highest BCUT2D eigenvalue weighted by Crippen LogP contribution is 2.37. The molecule has 3 aromatic rings. The number of carbonyl (C=O) groups excluding carboxylic acids is 1. The fourth-order valence-electron chi connectivity index (χ4n) is 2.37. The van der Waals surface area contributed by atoms with Gasteiger partial charge in [-0.1, -0.05) is 83.0 Å². The Morgan fingerprint density at radius 1 is 0.880 bits per heavy atom. The van der Waals surface area contributed by atoms with E-state index in [1.807, 2.05) is 62.4 Å². The van der Waals surface area contributed by atoms with Crippen LogP contribution in [0, 0.1) is 13.8 Å². The van der Waals surface area contributed by atoms with Crippen LogP contribution in [0.4, 0.5) is 0 Å². The highest BCUT2D eigenvalue weighted by Gasteiger charge is 2.24. The molecule has 0 saturated heterocycles. The summed E-state index contributed by atoms with van der Waals surface area (Å²) in [4.78, 5) is 13.1. The summed E-state index contributed by atoms with van der Waals surface area (Å²) in [5.41, 5.74) is 3.91. The molecule has 3 rings (SSSR count). The van der Waals surface area contributed by atoms with Crippen LogP contribution in [0.1, 0.15) is 32.3 Å². The molecule has 0 spiro atoms. The van der Waals surface area contributed by atoms with Gasteiger partial charge in [0.25, 0.3) is 0 Å². The number of Topliss-reactive ketones (excluding diaryl/α,β-unsaturated/α-hetero) is 1. The number of rotatable bonds is 5. The third-order valence-electron chi connectivity index (χ3n) is 3.80. The first-order chi connectivity index (χ1) is 12.0. The van der Waals surface area contributed by atoms with Gasteiger partial charge in [0.05, 0.1) is 5.25 Å². The van der Waals surface area contributed by atoms with Gasteiger partial charge < -0.3 is 0 Å². The zero-order valence-electron chi connectivity index (χ0n) is 13.9. The monoisotopic (exact) mass is 368 g/mol. The molecule has 0 saturated carbocycles. The second kappa shape index (κ2) is 7.81. The molecule has 0 aliphatic rings. The average Bonchev–Trinajstić information content (AvgIpc) is 2.62. The lowest BCUT2D eigenvalue weighted by Crippen LogP contribution is -2.10. The number of nitrogens with zero attached hydrogens (tertiary/aromatic N) is 2. The van der Waals surface area contributed by atoms with Gasteiger partial charge in [-0.2, -0.15) is 0 Å². The minimum Gasteiger partial charge on any atom is -0.293 e. The zero-order chi connectivity index (χ0) is 17.8. The first kappa shape index (κ1) is 17.6. The minimum absolute atomic E-state index is 0.0469. The summed E-state index contributed by atoms with van der Waals surface area (Å²) in [6.07, 6.45) is 0. The molecule has 0 aliphatic heterocycles. The molecule has 0 N–H and O–H groups in total. The molecule has 1 atom stereocenters. The summed E-state index contributed by atoms with van der Waals surface area (Å²) >= 11 is 7.19. The van der Waals surface area contributed by atoms with Crippen molar-refractivity contribution in [3.63, 3.8) is 0 Å². The van der Waals surface area contributed by atoms with Crippen molar-refractivity contribution in [1.82, 2.24) is 10.2 Å². The summed E-state index contributed by atoms with van der Waals surface area (Å²) in [5, 5.41) is 8.55. The van der Waals surface area contributed by atoms with E-state index in [2.05, 4.69) is 10.2 Å². The normalized spacial score (nSPS) is 12.0. The smallest absolute Gasteiger partial charge is 0.180 e. The molecule has 2 aromatic carbocycles. The second-order valence-corrected chi connectivity index (χ2v) is 7.35. The average molecular weight is 369 g/mol. The van der Waals surface area contributed by atoms with Gasteiger partial charge in [-0.25, -0.2) is 0 Å². The van der Waals surface area contributed by atoms with Gasteiger partial charge in [-0.05, 0) is 31.5 Å². The van der Waals surface area contributed by atoms with E-state index < -0.39 is 5.25 Å². The van der Waals surface area contributed by atoms with E-state index in [1.165, 1.54) is 11.8 Å². The number of ketones is 1. The summed E-state index contributed by atoms with van der Waals surface area (Å²) in [7, 11) is 0. The number of carbonyl (C=O) groups is 1. The van der Waals surface area contributed by atoms with Crippen LogP contribution in [-0.4, -0.2) is 16.0 Å². The minimum atomic E-state index is -0.390. The van der Waals surface area contributed by atoms with Gasteiger partial charge >= 0.3 is 0 Å². The van der Waals surface area contributed by atoms with Gasteiger partial charge in [0, 0.05) is 5.56 Å². The molecular weight excluding hydrogens is 352 g/mol. The first-order valence-electron chi connectivity index (χ1n) is 7.86. The number of hydrogen-bond donors (Lipinski definition) is 0. The quantitative estimate of drug-likeness (QED) is 0.442. The highest BCUT2D eigenvalue weighted by molar-refractivity contribution is 8.00. The molecule has 0 bridgehead atoms. The molecule has 1 aromatic heterocycles. The Kier molecular flexibility index (Phi) is 5.51. The van der Waals surface area contributed by atoms with E-state index in [0.29, 0.717) is 15.7 Å². The lowest BCUT2D eigenvalue weighted by atomic mass is 10.0. The third kappa shape index (κ3) is 4.47. The first-order valence-corrected chi connectivity index (χ1v) is 9.12. The van der Waals surface area contributed by atoms with Crippen molar-refractivity contribution in [1.29, 1.82) is 0 Å². The van der Waals surface area contributed by atoms with Crippen LogP contribution in [0.3, 0.4) is 0 Å². The van der Waals surface area contributed by atoms with E-state index in [4.69, 9.17) is 11.6 Å². The Balaban J connectivity index is 1.95. The predicted octanol–water partition coefficient (Wildman–Crippen LogP) is 5.46. The summed E-state index contributed by atoms with van der Waals surface area (Å²) < 4.78 is 0. The molecule has 25 heavy (non-hydrogen) atoms. The molecule has 3 nitrogen and oxygen atoms in total. The number of benzene rings is 2. The molecule has 5 heteroatoms. The van der Waals surface area contributed by atoms with Crippen LogP contribution < -0.4 is 0 Å². The van der Waals surface area contributed by atoms with E-state index in [9.17, 15) is 4.79 Å². The van der Waals surface area contributed by atoms with E-state index in [1.54, 1.807) is 12.1 Å². The Morgan fingerprint density at radius 3 is 2.04 bits per heavy atom. The predicted molar refractivity (Wildman–Crippen MR) is 102 cm³/mol. The van der Waals surface area contributed by atoms with Crippen molar-refractivity contribution in [3.8, 4) is 0 Å². The van der Waals surface area contributed by atoms with Crippen molar-refractivity contribution >= 4 is 29.1 Å². The summed E-state index contributed by atoms with van der Waals surface area (Å²) in [5.74, 6) is 0.0469. The Bertz CT molecular complexity index is 862. The van der Waals surface area contributed by atoms with Crippen LogP contribution in [0.2, 0.25) is 5.15 Å². The lowest BCUT2D eigenvalue weighted by Gasteiger charge is -2.16. The van der Waals surface area contributed by atoms with Crippen LogP contribution in [0.25, 0.3) is 0 Å². The van der Waals surface area contributed by atoms with Crippen LogP contribution in [0.15, 0.2) is 65.7 Å². The molecular formula is C20H17ClN2OS. The fraction of sp³-hybridized carbons (Fsp3) is 0.150. The standard InChI is InChI=1S/C20H17ClN2OS/c1-13-3-7-15(8-4-13)19(24)20(16-9-5-14(2)6-10-16)25-18-12-11-17(21)22-23-18/h3-12,20H,1-2H3. The highest BCUT2D eigenvalue weighted by atomic mass is 35.5. The van der Waals surface area contributed by atoms with Crippen molar-refractivity contribution in [2.45, 2.75) is 24.1 Å². The maximum atomic E-state index is 13.1. The molecule has 0 radical (unpaired) electrons. The van der Waals surface area contributed by atoms with Crippen molar-refractivity contribution < 1.29 is 4.79 Å². The SMILES string of the molecule is Cc1ccc(C(=O)C(Sc2ccc(Cl)nn2)c2ccc(C)cc2)cc1.